The van der Waals surface area contributed by atoms with Crippen molar-refractivity contribution in [2.75, 3.05) is 26.2 Å². The Kier molecular flexibility index (Phi) is 6.52. The minimum Gasteiger partial charge on any atom is -0.395 e. The lowest BCUT2D eigenvalue weighted by molar-refractivity contribution is -0.136. The predicted molar refractivity (Wildman–Crippen MR) is 119 cm³/mol. The van der Waals surface area contributed by atoms with Crippen molar-refractivity contribution in [1.82, 2.24) is 9.80 Å². The van der Waals surface area contributed by atoms with Gasteiger partial charge in [0.1, 0.15) is 0 Å². The summed E-state index contributed by atoms with van der Waals surface area (Å²) in [4.78, 5) is 16.8. The van der Waals surface area contributed by atoms with E-state index < -0.39 is 0 Å². The third-order valence-electron chi connectivity index (χ3n) is 6.45. The molecule has 0 saturated carbocycles. The molecule has 2 fully saturated rings. The zero-order valence-corrected chi connectivity index (χ0v) is 17.6. The van der Waals surface area contributed by atoms with E-state index in [0.717, 1.165) is 43.6 Å². The lowest BCUT2D eigenvalue weighted by Crippen LogP contribution is -2.67. The monoisotopic (exact) mass is 402 g/mol. The number of carbonyl (C=O) groups is 1. The first-order chi connectivity index (χ1) is 14.7. The third-order valence-corrected chi connectivity index (χ3v) is 6.45. The van der Waals surface area contributed by atoms with Crippen LogP contribution < -0.4 is 0 Å². The van der Waals surface area contributed by atoms with E-state index in [1.165, 1.54) is 5.56 Å². The van der Waals surface area contributed by atoms with E-state index in [1.807, 2.05) is 42.2 Å². The molecule has 1 N–H and O–H groups in total. The first-order valence-electron chi connectivity index (χ1n) is 11.0. The number of nitrogens with zero attached hydrogens (tertiary/aromatic N) is 2. The van der Waals surface area contributed by atoms with Gasteiger partial charge >= 0.3 is 0 Å². The lowest BCUT2D eigenvalue weighted by Gasteiger charge is -2.57. The molecule has 2 aromatic carbocycles. The highest BCUT2D eigenvalue weighted by atomic mass is 16.3. The van der Waals surface area contributed by atoms with Crippen molar-refractivity contribution in [1.29, 1.82) is 0 Å². The fraction of sp³-hybridized carbons (Fsp3) is 0.423. The van der Waals surface area contributed by atoms with Crippen LogP contribution in [0.25, 0.3) is 0 Å². The molecule has 4 nitrogen and oxygen atoms in total. The zero-order valence-electron chi connectivity index (χ0n) is 17.6. The number of hydrogen-bond donors (Lipinski definition) is 1. The van der Waals surface area contributed by atoms with E-state index in [9.17, 15) is 9.90 Å². The van der Waals surface area contributed by atoms with Gasteiger partial charge in [0.2, 0.25) is 5.91 Å². The number of fused-ring (bicyclic) bond motifs is 1. The third kappa shape index (κ3) is 4.28. The summed E-state index contributed by atoms with van der Waals surface area (Å²) in [6.07, 6.45) is 2.66. The molecule has 3 atom stereocenters. The highest BCUT2D eigenvalue weighted by Gasteiger charge is 2.49. The van der Waals surface area contributed by atoms with Gasteiger partial charge in [-0.2, -0.15) is 0 Å². The van der Waals surface area contributed by atoms with Crippen LogP contribution in [-0.4, -0.2) is 59.1 Å². The van der Waals surface area contributed by atoms with E-state index in [2.05, 4.69) is 41.0 Å². The van der Waals surface area contributed by atoms with Gasteiger partial charge in [-0.3, -0.25) is 9.69 Å². The number of hydrogen-bond acceptors (Lipinski definition) is 3. The van der Waals surface area contributed by atoms with Crippen LogP contribution in [-0.2, 0) is 4.79 Å². The van der Waals surface area contributed by atoms with Gasteiger partial charge in [-0.05, 0) is 49.2 Å². The van der Waals surface area contributed by atoms with Crippen LogP contribution in [0.4, 0.5) is 0 Å². The quantitative estimate of drug-likeness (QED) is 0.802. The van der Waals surface area contributed by atoms with Crippen molar-refractivity contribution in [3.63, 3.8) is 0 Å². The molecule has 2 aliphatic rings. The Bertz CT molecular complexity index is 914. The fourth-order valence-corrected chi connectivity index (χ4v) is 4.85. The summed E-state index contributed by atoms with van der Waals surface area (Å²) in [6, 6.07) is 18.8. The van der Waals surface area contributed by atoms with E-state index in [0.29, 0.717) is 6.42 Å². The lowest BCUT2D eigenvalue weighted by atomic mass is 9.74. The topological polar surface area (TPSA) is 43.8 Å². The van der Waals surface area contributed by atoms with Crippen LogP contribution in [0.1, 0.15) is 48.8 Å². The van der Waals surface area contributed by atoms with Crippen molar-refractivity contribution in [2.24, 2.45) is 0 Å². The molecule has 30 heavy (non-hydrogen) atoms. The summed E-state index contributed by atoms with van der Waals surface area (Å²) >= 11 is 0. The molecule has 0 aromatic heterocycles. The molecule has 156 valence electrons. The molecule has 0 unspecified atom stereocenters. The molecule has 4 rings (SSSR count). The molecule has 2 saturated heterocycles. The second kappa shape index (κ2) is 9.47. The molecule has 1 amide bonds. The summed E-state index contributed by atoms with van der Waals surface area (Å²) in [5, 5.41) is 10.1. The van der Waals surface area contributed by atoms with Crippen molar-refractivity contribution in [2.45, 2.75) is 44.2 Å². The van der Waals surface area contributed by atoms with Crippen LogP contribution in [0, 0.1) is 11.8 Å². The zero-order chi connectivity index (χ0) is 20.9. The van der Waals surface area contributed by atoms with Crippen molar-refractivity contribution < 1.29 is 9.90 Å². The second-order valence-electron chi connectivity index (χ2n) is 8.22. The van der Waals surface area contributed by atoms with Crippen molar-refractivity contribution in [3.05, 3.63) is 71.3 Å². The van der Waals surface area contributed by atoms with Gasteiger partial charge in [0.25, 0.3) is 0 Å². The fourth-order valence-electron chi connectivity index (χ4n) is 4.85. The smallest absolute Gasteiger partial charge is 0.222 e. The largest absolute Gasteiger partial charge is 0.395 e. The summed E-state index contributed by atoms with van der Waals surface area (Å²) in [5.41, 5.74) is 3.22. The summed E-state index contributed by atoms with van der Waals surface area (Å²) < 4.78 is 0. The van der Waals surface area contributed by atoms with E-state index in [4.69, 9.17) is 0 Å². The Balaban J connectivity index is 1.53. The molecule has 0 spiro atoms. The maximum absolute atomic E-state index is 12.4. The van der Waals surface area contributed by atoms with Crippen LogP contribution >= 0.6 is 0 Å². The van der Waals surface area contributed by atoms with E-state index in [1.54, 1.807) is 0 Å². The highest BCUT2D eigenvalue weighted by Crippen LogP contribution is 2.42. The molecule has 2 aliphatic heterocycles. The Hall–Kier alpha value is -2.61. The molecule has 0 bridgehead atoms. The first kappa shape index (κ1) is 20.7. The van der Waals surface area contributed by atoms with Gasteiger partial charge in [0, 0.05) is 48.6 Å². The van der Waals surface area contributed by atoms with Crippen LogP contribution in [0.3, 0.4) is 0 Å². The minimum absolute atomic E-state index is 0.132. The molecular formula is C26H30N2O2. The SMILES string of the molecule is CCC(=O)N1CCCCN2[C@@H](CO)[C@H](c3ccc(C#Cc4ccccc4)cc3)[C@@H]2C1. The molecule has 0 radical (unpaired) electrons. The Labute approximate surface area is 179 Å². The van der Waals surface area contributed by atoms with Crippen LogP contribution in [0.2, 0.25) is 0 Å². The van der Waals surface area contributed by atoms with E-state index >= 15 is 0 Å². The number of aliphatic hydroxyl groups is 1. The van der Waals surface area contributed by atoms with Crippen molar-refractivity contribution in [3.8, 4) is 11.8 Å². The average Bonchev–Trinajstić information content (AvgIpc) is 2.77. The first-order valence-corrected chi connectivity index (χ1v) is 11.0. The maximum Gasteiger partial charge on any atom is 0.222 e. The standard InChI is InChI=1S/C26H30N2O2/c1-2-25(30)27-16-6-7-17-28-23(18-27)26(24(28)19-29)22-14-12-21(13-15-22)11-10-20-8-4-3-5-9-20/h3-5,8-9,12-15,23-24,26,29H,2,6-7,16-19H2,1H3/t23-,24-,26+/m0/s1. The van der Waals surface area contributed by atoms with Gasteiger partial charge in [0.05, 0.1) is 6.61 Å². The highest BCUT2D eigenvalue weighted by molar-refractivity contribution is 5.75. The number of rotatable bonds is 3. The summed E-state index contributed by atoms with van der Waals surface area (Å²) in [6.45, 7) is 4.69. The normalized spacial score (nSPS) is 23.9. The minimum atomic E-state index is 0.132. The van der Waals surface area contributed by atoms with Gasteiger partial charge in [-0.25, -0.2) is 0 Å². The molecule has 4 heteroatoms. The number of aliphatic hydroxyl groups excluding tert-OH is 1. The van der Waals surface area contributed by atoms with Crippen molar-refractivity contribution >= 4 is 5.91 Å². The van der Waals surface area contributed by atoms with Crippen LogP contribution in [0.5, 0.6) is 0 Å². The Morgan fingerprint density at radius 1 is 1.00 bits per heavy atom. The second-order valence-corrected chi connectivity index (χ2v) is 8.22. The molecular weight excluding hydrogens is 372 g/mol. The maximum atomic E-state index is 12.4. The molecule has 2 aromatic rings. The van der Waals surface area contributed by atoms with Crippen LogP contribution in [0.15, 0.2) is 54.6 Å². The number of carbonyl (C=O) groups excluding carboxylic acids is 1. The number of benzene rings is 2. The average molecular weight is 403 g/mol. The molecule has 2 heterocycles. The van der Waals surface area contributed by atoms with E-state index in [-0.39, 0.29) is 30.5 Å². The Morgan fingerprint density at radius 3 is 2.33 bits per heavy atom. The Morgan fingerprint density at radius 2 is 1.67 bits per heavy atom. The van der Waals surface area contributed by atoms with Gasteiger partial charge in [-0.15, -0.1) is 0 Å². The predicted octanol–water partition coefficient (Wildman–Crippen LogP) is 3.25. The molecule has 0 aliphatic carbocycles. The van der Waals surface area contributed by atoms with Gasteiger partial charge < -0.3 is 10.0 Å². The van der Waals surface area contributed by atoms with Gasteiger partial charge in [-0.1, -0.05) is 49.1 Å². The summed E-state index contributed by atoms with van der Waals surface area (Å²) in [5.74, 6) is 6.91. The van der Waals surface area contributed by atoms with Gasteiger partial charge in [0.15, 0.2) is 0 Å². The summed E-state index contributed by atoms with van der Waals surface area (Å²) in [7, 11) is 0. The number of amides is 1.